The fourth-order valence-corrected chi connectivity index (χ4v) is 1.07. The summed E-state index contributed by atoms with van der Waals surface area (Å²) in [6, 6.07) is 0. The summed E-state index contributed by atoms with van der Waals surface area (Å²) < 4.78 is 1.29. The molecule has 0 aliphatic carbocycles. The lowest BCUT2D eigenvalue weighted by molar-refractivity contribution is 1.03. The van der Waals surface area contributed by atoms with Crippen LogP contribution in [0.2, 0.25) is 5.15 Å². The van der Waals surface area contributed by atoms with Crippen molar-refractivity contribution in [2.75, 3.05) is 5.84 Å². The number of aromatic nitrogens is 4. The molecule has 2 aromatic rings. The van der Waals surface area contributed by atoms with Crippen molar-refractivity contribution < 1.29 is 0 Å². The molecule has 0 amide bonds. The molecule has 11 heavy (non-hydrogen) atoms. The van der Waals surface area contributed by atoms with Crippen molar-refractivity contribution in [1.82, 2.24) is 19.6 Å². The quantitative estimate of drug-likeness (QED) is 0.452. The molecule has 0 radical (unpaired) electrons. The van der Waals surface area contributed by atoms with Crippen LogP contribution in [0.15, 0.2) is 12.7 Å². The maximum atomic E-state index is 5.71. The van der Waals surface area contributed by atoms with Gasteiger partial charge in [0.25, 0.3) is 0 Å². The average molecular weight is 170 g/mol. The number of fused-ring (bicyclic) bond motifs is 1. The maximum Gasteiger partial charge on any atom is 0.184 e. The number of imidazole rings is 1. The highest BCUT2D eigenvalue weighted by molar-refractivity contribution is 6.33. The van der Waals surface area contributed by atoms with Crippen LogP contribution in [0.5, 0.6) is 0 Å². The standard InChI is InChI=1S/C5H4ClN5/c6-4-3-5(9-1-8-4)10-2-11(3)7/h1-2H,7H2. The predicted molar refractivity (Wildman–Crippen MR) is 40.5 cm³/mol. The van der Waals surface area contributed by atoms with Gasteiger partial charge in [-0.25, -0.2) is 19.6 Å². The topological polar surface area (TPSA) is 69.6 Å². The Balaban J connectivity index is 2.96. The van der Waals surface area contributed by atoms with Crippen LogP contribution < -0.4 is 5.84 Å². The van der Waals surface area contributed by atoms with Gasteiger partial charge in [0.2, 0.25) is 0 Å². The summed E-state index contributed by atoms with van der Waals surface area (Å²) in [5.74, 6) is 5.47. The summed E-state index contributed by atoms with van der Waals surface area (Å²) in [6.45, 7) is 0. The van der Waals surface area contributed by atoms with Gasteiger partial charge in [0, 0.05) is 0 Å². The molecule has 5 nitrogen and oxygen atoms in total. The second-order valence-corrected chi connectivity index (χ2v) is 2.35. The summed E-state index contributed by atoms with van der Waals surface area (Å²) in [6.07, 6.45) is 2.78. The number of halogens is 1. The van der Waals surface area contributed by atoms with Gasteiger partial charge in [-0.05, 0) is 0 Å². The SMILES string of the molecule is Nn1cnc2ncnc(Cl)c21. The zero-order valence-electron chi connectivity index (χ0n) is 5.40. The molecular weight excluding hydrogens is 166 g/mol. The van der Waals surface area contributed by atoms with E-state index in [1.807, 2.05) is 0 Å². The van der Waals surface area contributed by atoms with Crippen molar-refractivity contribution in [2.24, 2.45) is 0 Å². The molecule has 0 saturated carbocycles. The minimum Gasteiger partial charge on any atom is -0.337 e. The molecule has 0 aromatic carbocycles. The minimum atomic E-state index is 0.315. The van der Waals surface area contributed by atoms with Gasteiger partial charge in [0.05, 0.1) is 0 Å². The third kappa shape index (κ3) is 0.813. The van der Waals surface area contributed by atoms with E-state index in [0.29, 0.717) is 16.3 Å². The number of rotatable bonds is 0. The van der Waals surface area contributed by atoms with Gasteiger partial charge < -0.3 is 5.84 Å². The Labute approximate surface area is 66.8 Å². The van der Waals surface area contributed by atoms with Crippen molar-refractivity contribution in [3.63, 3.8) is 0 Å². The highest BCUT2D eigenvalue weighted by Crippen LogP contribution is 2.15. The maximum absolute atomic E-state index is 5.71. The molecule has 2 rings (SSSR count). The molecule has 0 atom stereocenters. The van der Waals surface area contributed by atoms with Crippen LogP contribution >= 0.6 is 11.6 Å². The van der Waals surface area contributed by atoms with E-state index in [9.17, 15) is 0 Å². The number of nitrogens with two attached hydrogens (primary N) is 1. The van der Waals surface area contributed by atoms with Crippen LogP contribution in [-0.2, 0) is 0 Å². The lowest BCUT2D eigenvalue weighted by atomic mass is 10.6. The Hall–Kier alpha value is -1.36. The molecule has 0 aliphatic rings. The third-order valence-corrected chi connectivity index (χ3v) is 1.60. The largest absolute Gasteiger partial charge is 0.337 e. The lowest BCUT2D eigenvalue weighted by Gasteiger charge is -1.93. The Morgan fingerprint density at radius 3 is 2.91 bits per heavy atom. The number of hydrogen-bond acceptors (Lipinski definition) is 4. The molecule has 0 bridgehead atoms. The number of hydrogen-bond donors (Lipinski definition) is 1. The normalized spacial score (nSPS) is 10.6. The van der Waals surface area contributed by atoms with Gasteiger partial charge >= 0.3 is 0 Å². The molecule has 0 fully saturated rings. The first-order valence-electron chi connectivity index (χ1n) is 2.87. The van der Waals surface area contributed by atoms with E-state index in [-0.39, 0.29) is 0 Å². The molecule has 2 heterocycles. The van der Waals surface area contributed by atoms with E-state index in [1.165, 1.54) is 17.3 Å². The number of nitrogen functional groups attached to an aromatic ring is 1. The molecule has 0 spiro atoms. The Kier molecular flexibility index (Phi) is 1.19. The molecule has 0 saturated heterocycles. The van der Waals surface area contributed by atoms with Crippen LogP contribution in [-0.4, -0.2) is 19.6 Å². The first kappa shape index (κ1) is 6.36. The van der Waals surface area contributed by atoms with Crippen molar-refractivity contribution in [1.29, 1.82) is 0 Å². The van der Waals surface area contributed by atoms with Crippen molar-refractivity contribution >= 4 is 22.8 Å². The van der Waals surface area contributed by atoms with Crippen LogP contribution in [0.1, 0.15) is 0 Å². The van der Waals surface area contributed by atoms with Crippen LogP contribution in [0.4, 0.5) is 0 Å². The second kappa shape index (κ2) is 2.06. The van der Waals surface area contributed by atoms with Crippen LogP contribution in [0.3, 0.4) is 0 Å². The molecule has 0 aliphatic heterocycles. The van der Waals surface area contributed by atoms with E-state index in [4.69, 9.17) is 17.4 Å². The van der Waals surface area contributed by atoms with E-state index in [1.54, 1.807) is 0 Å². The van der Waals surface area contributed by atoms with Crippen molar-refractivity contribution in [2.45, 2.75) is 0 Å². The summed E-state index contributed by atoms with van der Waals surface area (Å²) in [5, 5.41) is 0.315. The molecule has 6 heteroatoms. The predicted octanol–water partition coefficient (Wildman–Crippen LogP) is 0.193. The first-order chi connectivity index (χ1) is 5.29. The third-order valence-electron chi connectivity index (χ3n) is 1.32. The summed E-state index contributed by atoms with van der Waals surface area (Å²) in [7, 11) is 0. The van der Waals surface area contributed by atoms with Gasteiger partial charge in [-0.15, -0.1) is 0 Å². The summed E-state index contributed by atoms with van der Waals surface area (Å²) >= 11 is 5.71. The zero-order valence-corrected chi connectivity index (χ0v) is 6.15. The number of nitrogens with zero attached hydrogens (tertiary/aromatic N) is 4. The Bertz CT molecular complexity index is 395. The highest BCUT2D eigenvalue weighted by Gasteiger charge is 2.05. The minimum absolute atomic E-state index is 0.315. The Morgan fingerprint density at radius 2 is 2.18 bits per heavy atom. The van der Waals surface area contributed by atoms with Gasteiger partial charge in [0.1, 0.15) is 18.2 Å². The van der Waals surface area contributed by atoms with Gasteiger partial charge in [-0.1, -0.05) is 11.6 Å². The fraction of sp³-hybridized carbons (Fsp3) is 0. The molecule has 0 unspecified atom stereocenters. The lowest BCUT2D eigenvalue weighted by Crippen LogP contribution is -2.05. The van der Waals surface area contributed by atoms with Crippen molar-refractivity contribution in [3.05, 3.63) is 17.8 Å². The van der Waals surface area contributed by atoms with E-state index >= 15 is 0 Å². The van der Waals surface area contributed by atoms with Gasteiger partial charge in [-0.2, -0.15) is 0 Å². The average Bonchev–Trinajstić information content (AvgIpc) is 2.34. The monoisotopic (exact) mass is 169 g/mol. The second-order valence-electron chi connectivity index (χ2n) is 1.99. The first-order valence-corrected chi connectivity index (χ1v) is 3.25. The molecule has 2 N–H and O–H groups in total. The fourth-order valence-electron chi connectivity index (χ4n) is 0.840. The van der Waals surface area contributed by atoms with Crippen LogP contribution in [0.25, 0.3) is 11.2 Å². The van der Waals surface area contributed by atoms with E-state index in [2.05, 4.69) is 15.0 Å². The van der Waals surface area contributed by atoms with Crippen molar-refractivity contribution in [3.8, 4) is 0 Å². The van der Waals surface area contributed by atoms with Gasteiger partial charge in [-0.3, -0.25) is 0 Å². The van der Waals surface area contributed by atoms with E-state index in [0.717, 1.165) is 0 Å². The Morgan fingerprint density at radius 1 is 1.36 bits per heavy atom. The zero-order chi connectivity index (χ0) is 7.84. The molecule has 56 valence electrons. The smallest absolute Gasteiger partial charge is 0.184 e. The molecular formula is C5H4ClN5. The highest BCUT2D eigenvalue weighted by atomic mass is 35.5. The molecule has 2 aromatic heterocycles. The van der Waals surface area contributed by atoms with E-state index < -0.39 is 0 Å². The van der Waals surface area contributed by atoms with Crippen LogP contribution in [0, 0.1) is 0 Å². The summed E-state index contributed by atoms with van der Waals surface area (Å²) in [4.78, 5) is 11.5. The van der Waals surface area contributed by atoms with Gasteiger partial charge in [0.15, 0.2) is 10.8 Å². The summed E-state index contributed by atoms with van der Waals surface area (Å²) in [5.41, 5.74) is 1.06.